The first-order chi connectivity index (χ1) is 17.6. The summed E-state index contributed by atoms with van der Waals surface area (Å²) >= 11 is 2.94. The van der Waals surface area contributed by atoms with Gasteiger partial charge >= 0.3 is 11.9 Å². The van der Waals surface area contributed by atoms with E-state index in [1.54, 1.807) is 36.6 Å². The minimum Gasteiger partial charge on any atom is -0.481 e. The fourth-order valence-electron chi connectivity index (χ4n) is 3.29. The normalized spacial score (nSPS) is 14.0. The predicted octanol–water partition coefficient (Wildman–Crippen LogP) is 0.466. The number of benzene rings is 1. The van der Waals surface area contributed by atoms with Gasteiger partial charge < -0.3 is 31.9 Å². The minimum atomic E-state index is -1.32. The number of carboxylic acids is 2. The molecule has 7 N–H and O–H groups in total. The van der Waals surface area contributed by atoms with Crippen molar-refractivity contribution in [2.24, 2.45) is 5.73 Å². The van der Waals surface area contributed by atoms with Gasteiger partial charge in [-0.05, 0) is 48.8 Å². The molecule has 0 saturated carbocycles. The Morgan fingerprint density at radius 3 is 1.89 bits per heavy atom. The molecule has 13 heteroatoms. The third kappa shape index (κ3) is 12.8. The molecule has 206 valence electrons. The monoisotopic (exact) mass is 556 g/mol. The number of carbonyl (C=O) groups is 5. The van der Waals surface area contributed by atoms with Crippen LogP contribution in [0.2, 0.25) is 0 Å². The second kappa shape index (κ2) is 17.6. The smallest absolute Gasteiger partial charge is 0.326 e. The Morgan fingerprint density at radius 1 is 0.784 bits per heavy atom. The highest BCUT2D eigenvalue weighted by Gasteiger charge is 2.30. The van der Waals surface area contributed by atoms with E-state index in [-0.39, 0.29) is 19.3 Å². The van der Waals surface area contributed by atoms with Crippen LogP contribution in [0.15, 0.2) is 30.3 Å². The maximum absolute atomic E-state index is 13.3. The van der Waals surface area contributed by atoms with Gasteiger partial charge in [-0.15, -0.1) is 0 Å². The second-order valence-corrected chi connectivity index (χ2v) is 10.3. The second-order valence-electron chi connectivity index (χ2n) is 8.31. The van der Waals surface area contributed by atoms with Crippen LogP contribution >= 0.6 is 23.5 Å². The van der Waals surface area contributed by atoms with Crippen LogP contribution in [0.4, 0.5) is 0 Å². The van der Waals surface area contributed by atoms with Crippen molar-refractivity contribution < 1.29 is 34.2 Å². The fourth-order valence-corrected chi connectivity index (χ4v) is 4.25. The number of rotatable bonds is 18. The van der Waals surface area contributed by atoms with Crippen LogP contribution in [0.3, 0.4) is 0 Å². The standard InChI is InChI=1S/C24H36N4O7S2/c1-36-12-10-16(25)21(31)28-19(14-15-6-4-3-5-7-15)23(33)26-17(8-9-20(29)30)22(32)27-18(24(34)35)11-13-37-2/h3-7,16-19H,8-14,25H2,1-2H3,(H,26,33)(H,27,32)(H,28,31)(H,29,30)(H,34,35). The maximum atomic E-state index is 13.3. The zero-order valence-electron chi connectivity index (χ0n) is 21.0. The topological polar surface area (TPSA) is 188 Å². The molecule has 0 aliphatic heterocycles. The molecule has 1 rings (SSSR count). The third-order valence-electron chi connectivity index (χ3n) is 5.39. The lowest BCUT2D eigenvalue weighted by molar-refractivity contribution is -0.143. The quantitative estimate of drug-likeness (QED) is 0.148. The molecule has 0 bridgehead atoms. The lowest BCUT2D eigenvalue weighted by Gasteiger charge is -2.25. The SMILES string of the molecule is CSCCC(N)C(=O)NC(Cc1ccccc1)C(=O)NC(CCC(=O)O)C(=O)NC(CCSC)C(=O)O. The summed E-state index contributed by atoms with van der Waals surface area (Å²) < 4.78 is 0. The van der Waals surface area contributed by atoms with E-state index in [1.807, 2.05) is 6.26 Å². The van der Waals surface area contributed by atoms with Gasteiger partial charge in [-0.1, -0.05) is 30.3 Å². The Kier molecular flexibility index (Phi) is 15.4. The van der Waals surface area contributed by atoms with Crippen molar-refractivity contribution >= 4 is 53.2 Å². The summed E-state index contributed by atoms with van der Waals surface area (Å²) in [6.07, 6.45) is 3.65. The first-order valence-corrected chi connectivity index (χ1v) is 14.5. The van der Waals surface area contributed by atoms with Gasteiger partial charge in [0.25, 0.3) is 0 Å². The van der Waals surface area contributed by atoms with Crippen molar-refractivity contribution in [1.82, 2.24) is 16.0 Å². The Morgan fingerprint density at radius 2 is 1.32 bits per heavy atom. The first kappa shape index (κ1) is 32.3. The molecule has 11 nitrogen and oxygen atoms in total. The molecule has 0 radical (unpaired) electrons. The van der Waals surface area contributed by atoms with Gasteiger partial charge in [0.1, 0.15) is 18.1 Å². The van der Waals surface area contributed by atoms with Crippen LogP contribution in [0.5, 0.6) is 0 Å². The van der Waals surface area contributed by atoms with Crippen LogP contribution in [0, 0.1) is 0 Å². The molecule has 4 unspecified atom stereocenters. The van der Waals surface area contributed by atoms with Crippen molar-refractivity contribution in [2.75, 3.05) is 24.0 Å². The lowest BCUT2D eigenvalue weighted by Crippen LogP contribution is -2.57. The van der Waals surface area contributed by atoms with Crippen molar-refractivity contribution in [3.05, 3.63) is 35.9 Å². The maximum Gasteiger partial charge on any atom is 0.326 e. The van der Waals surface area contributed by atoms with Gasteiger partial charge in [-0.2, -0.15) is 23.5 Å². The number of hydrogen-bond acceptors (Lipinski definition) is 8. The Labute approximate surface area is 225 Å². The molecular weight excluding hydrogens is 520 g/mol. The highest BCUT2D eigenvalue weighted by atomic mass is 32.2. The van der Waals surface area contributed by atoms with Crippen molar-refractivity contribution in [3.63, 3.8) is 0 Å². The molecule has 0 fully saturated rings. The number of nitrogens with two attached hydrogens (primary N) is 1. The number of thioether (sulfide) groups is 2. The van der Waals surface area contributed by atoms with E-state index in [2.05, 4.69) is 16.0 Å². The van der Waals surface area contributed by atoms with Gasteiger partial charge in [-0.3, -0.25) is 19.2 Å². The average molecular weight is 557 g/mol. The molecular formula is C24H36N4O7S2. The van der Waals surface area contributed by atoms with E-state index in [0.29, 0.717) is 17.9 Å². The van der Waals surface area contributed by atoms with Crippen molar-refractivity contribution in [1.29, 1.82) is 0 Å². The molecule has 0 spiro atoms. The van der Waals surface area contributed by atoms with E-state index in [1.165, 1.54) is 23.5 Å². The number of amides is 3. The molecule has 3 amide bonds. The van der Waals surface area contributed by atoms with Crippen LogP contribution in [-0.2, 0) is 30.4 Å². The molecule has 0 aliphatic rings. The number of hydrogen-bond donors (Lipinski definition) is 6. The number of nitrogens with one attached hydrogen (secondary N) is 3. The molecule has 0 aliphatic carbocycles. The van der Waals surface area contributed by atoms with E-state index in [4.69, 9.17) is 10.8 Å². The highest BCUT2D eigenvalue weighted by Crippen LogP contribution is 2.08. The number of carboxylic acid groups (broad SMARTS) is 2. The summed E-state index contributed by atoms with van der Waals surface area (Å²) in [7, 11) is 0. The summed E-state index contributed by atoms with van der Waals surface area (Å²) in [6, 6.07) is 4.46. The van der Waals surface area contributed by atoms with Gasteiger partial charge in [-0.25, -0.2) is 4.79 Å². The lowest BCUT2D eigenvalue weighted by atomic mass is 10.0. The van der Waals surface area contributed by atoms with Gasteiger partial charge in [0.15, 0.2) is 0 Å². The summed E-state index contributed by atoms with van der Waals surface area (Å²) in [5, 5.41) is 26.1. The van der Waals surface area contributed by atoms with Crippen molar-refractivity contribution in [3.8, 4) is 0 Å². The number of aliphatic carboxylic acids is 2. The van der Waals surface area contributed by atoms with E-state index in [9.17, 15) is 29.1 Å². The molecule has 1 aromatic carbocycles. The van der Waals surface area contributed by atoms with Crippen LogP contribution < -0.4 is 21.7 Å². The third-order valence-corrected chi connectivity index (χ3v) is 6.68. The van der Waals surface area contributed by atoms with Crippen LogP contribution in [0.25, 0.3) is 0 Å². The first-order valence-electron chi connectivity index (χ1n) is 11.7. The Bertz CT molecular complexity index is 904. The van der Waals surface area contributed by atoms with E-state index >= 15 is 0 Å². The zero-order valence-corrected chi connectivity index (χ0v) is 22.6. The van der Waals surface area contributed by atoms with E-state index in [0.717, 1.165) is 5.56 Å². The molecule has 1 aromatic rings. The van der Waals surface area contributed by atoms with E-state index < -0.39 is 60.2 Å². The molecule has 4 atom stereocenters. The van der Waals surface area contributed by atoms with Gasteiger partial charge in [0.2, 0.25) is 17.7 Å². The molecule has 0 saturated heterocycles. The summed E-state index contributed by atoms with van der Waals surface area (Å²) in [5.41, 5.74) is 6.70. The van der Waals surface area contributed by atoms with Gasteiger partial charge in [0, 0.05) is 12.8 Å². The summed E-state index contributed by atoms with van der Waals surface area (Å²) in [4.78, 5) is 61.5. The zero-order chi connectivity index (χ0) is 27.8. The van der Waals surface area contributed by atoms with Gasteiger partial charge in [0.05, 0.1) is 6.04 Å². The molecule has 0 aromatic heterocycles. The number of carbonyl (C=O) groups excluding carboxylic acids is 3. The largest absolute Gasteiger partial charge is 0.481 e. The fraction of sp³-hybridized carbons (Fsp3) is 0.542. The molecule has 0 heterocycles. The van der Waals surface area contributed by atoms with Crippen molar-refractivity contribution in [2.45, 2.75) is 56.3 Å². The summed E-state index contributed by atoms with van der Waals surface area (Å²) in [6.45, 7) is 0. The van der Waals surface area contributed by atoms with Crippen LogP contribution in [0.1, 0.15) is 31.2 Å². The molecule has 37 heavy (non-hydrogen) atoms. The predicted molar refractivity (Wildman–Crippen MR) is 144 cm³/mol. The van der Waals surface area contributed by atoms with Crippen LogP contribution in [-0.4, -0.2) is 88.1 Å². The average Bonchev–Trinajstić information content (AvgIpc) is 2.86. The Balaban J connectivity index is 3.09. The summed E-state index contributed by atoms with van der Waals surface area (Å²) in [5.74, 6) is -3.34. The highest BCUT2D eigenvalue weighted by molar-refractivity contribution is 7.98. The Hall–Kier alpha value is -2.77. The minimum absolute atomic E-state index is 0.104.